The molecule has 3 atom stereocenters. The van der Waals surface area contributed by atoms with Gasteiger partial charge in [-0.3, -0.25) is 0 Å². The Balaban J connectivity index is 2.38. The lowest BCUT2D eigenvalue weighted by molar-refractivity contribution is 0.358. The van der Waals surface area contributed by atoms with Gasteiger partial charge in [-0.1, -0.05) is 39.5 Å². The SMILES string of the molecule is CCC(C)C1CCCC1[Si]. The first-order valence-electron chi connectivity index (χ1n) is 4.46. The van der Waals surface area contributed by atoms with Gasteiger partial charge in [0.05, 0.1) is 0 Å². The van der Waals surface area contributed by atoms with E-state index in [1.807, 2.05) is 0 Å². The summed E-state index contributed by atoms with van der Waals surface area (Å²) in [4.78, 5) is 0. The summed E-state index contributed by atoms with van der Waals surface area (Å²) >= 11 is 0. The fraction of sp³-hybridized carbons (Fsp3) is 1.00. The third-order valence-electron chi connectivity index (χ3n) is 2.94. The van der Waals surface area contributed by atoms with E-state index in [0.717, 1.165) is 17.4 Å². The lowest BCUT2D eigenvalue weighted by atomic mass is 9.90. The first-order valence-corrected chi connectivity index (χ1v) is 5.04. The van der Waals surface area contributed by atoms with Gasteiger partial charge < -0.3 is 0 Å². The van der Waals surface area contributed by atoms with E-state index in [1.54, 1.807) is 0 Å². The highest BCUT2D eigenvalue weighted by Gasteiger charge is 2.26. The van der Waals surface area contributed by atoms with Crippen LogP contribution in [-0.4, -0.2) is 10.2 Å². The van der Waals surface area contributed by atoms with Gasteiger partial charge in [-0.2, -0.15) is 0 Å². The molecule has 0 aromatic carbocycles. The molecular weight excluding hydrogens is 136 g/mol. The van der Waals surface area contributed by atoms with Gasteiger partial charge in [-0.25, -0.2) is 0 Å². The summed E-state index contributed by atoms with van der Waals surface area (Å²) in [5.41, 5.74) is 0.815. The molecule has 0 nitrogen and oxygen atoms in total. The van der Waals surface area contributed by atoms with Crippen LogP contribution in [-0.2, 0) is 0 Å². The molecule has 3 radical (unpaired) electrons. The quantitative estimate of drug-likeness (QED) is 0.535. The van der Waals surface area contributed by atoms with Crippen molar-refractivity contribution in [3.8, 4) is 0 Å². The Labute approximate surface area is 67.8 Å². The minimum atomic E-state index is 0.815. The van der Waals surface area contributed by atoms with E-state index in [9.17, 15) is 0 Å². The molecule has 0 saturated heterocycles. The molecule has 0 aromatic heterocycles. The second-order valence-electron chi connectivity index (χ2n) is 3.59. The van der Waals surface area contributed by atoms with Crippen LogP contribution >= 0.6 is 0 Å². The first-order chi connectivity index (χ1) is 4.75. The molecule has 0 heterocycles. The molecule has 0 N–H and O–H groups in total. The summed E-state index contributed by atoms with van der Waals surface area (Å²) in [5.74, 6) is 1.88. The molecule has 57 valence electrons. The molecule has 0 aliphatic heterocycles. The summed E-state index contributed by atoms with van der Waals surface area (Å²) in [6.45, 7) is 4.67. The molecule has 3 unspecified atom stereocenters. The minimum Gasteiger partial charge on any atom is -0.0651 e. The molecule has 0 amide bonds. The molecule has 1 aliphatic rings. The number of rotatable bonds is 2. The molecule has 1 saturated carbocycles. The fourth-order valence-electron chi connectivity index (χ4n) is 1.97. The van der Waals surface area contributed by atoms with E-state index in [0.29, 0.717) is 0 Å². The van der Waals surface area contributed by atoms with Crippen LogP contribution in [0.5, 0.6) is 0 Å². The van der Waals surface area contributed by atoms with Crippen LogP contribution in [0.1, 0.15) is 39.5 Å². The van der Waals surface area contributed by atoms with Crippen molar-refractivity contribution >= 4 is 10.2 Å². The Morgan fingerprint density at radius 1 is 1.50 bits per heavy atom. The smallest absolute Gasteiger partial charge is 0.0270 e. The highest BCUT2D eigenvalue weighted by molar-refractivity contribution is 6.12. The summed E-state index contributed by atoms with van der Waals surface area (Å²) in [6.07, 6.45) is 5.61. The first kappa shape index (κ1) is 8.31. The minimum absolute atomic E-state index is 0.815. The Hall–Kier alpha value is 0.217. The average Bonchev–Trinajstić information content (AvgIpc) is 2.34. The monoisotopic (exact) mass is 153 g/mol. The number of hydrogen-bond donors (Lipinski definition) is 0. The van der Waals surface area contributed by atoms with Crippen molar-refractivity contribution in [3.63, 3.8) is 0 Å². The van der Waals surface area contributed by atoms with Gasteiger partial charge in [0.2, 0.25) is 0 Å². The van der Waals surface area contributed by atoms with E-state index in [4.69, 9.17) is 0 Å². The van der Waals surface area contributed by atoms with Crippen molar-refractivity contribution in [2.75, 3.05) is 0 Å². The molecule has 0 spiro atoms. The molecule has 1 aliphatic carbocycles. The van der Waals surface area contributed by atoms with Gasteiger partial charge in [0.15, 0.2) is 0 Å². The molecule has 1 fully saturated rings. The van der Waals surface area contributed by atoms with E-state index < -0.39 is 0 Å². The van der Waals surface area contributed by atoms with Crippen molar-refractivity contribution in [2.45, 2.75) is 45.1 Å². The summed E-state index contributed by atoms with van der Waals surface area (Å²) < 4.78 is 0. The third-order valence-corrected chi connectivity index (χ3v) is 3.66. The van der Waals surface area contributed by atoms with Gasteiger partial charge in [-0.15, -0.1) is 0 Å². The van der Waals surface area contributed by atoms with E-state index in [-0.39, 0.29) is 0 Å². The highest BCUT2D eigenvalue weighted by atomic mass is 28.1. The standard InChI is InChI=1S/C9H17Si/c1-3-7(2)8-5-4-6-9(8)10/h7-9H,3-6H2,1-2H3. The summed E-state index contributed by atoms with van der Waals surface area (Å²) in [5, 5.41) is 0. The second kappa shape index (κ2) is 3.56. The second-order valence-corrected chi connectivity index (χ2v) is 4.33. The zero-order valence-corrected chi connectivity index (χ0v) is 8.06. The zero-order valence-electron chi connectivity index (χ0n) is 7.06. The fourth-order valence-corrected chi connectivity index (χ4v) is 2.67. The molecule has 1 heteroatoms. The maximum absolute atomic E-state index is 3.80. The Bertz CT molecular complexity index is 101. The maximum atomic E-state index is 3.80. The van der Waals surface area contributed by atoms with Crippen molar-refractivity contribution < 1.29 is 0 Å². The van der Waals surface area contributed by atoms with Crippen LogP contribution in [0.15, 0.2) is 0 Å². The Morgan fingerprint density at radius 3 is 2.60 bits per heavy atom. The van der Waals surface area contributed by atoms with Gasteiger partial charge in [0.25, 0.3) is 0 Å². The van der Waals surface area contributed by atoms with Crippen LogP contribution in [0, 0.1) is 11.8 Å². The van der Waals surface area contributed by atoms with Crippen LogP contribution in [0.25, 0.3) is 0 Å². The topological polar surface area (TPSA) is 0 Å². The molecule has 1 rings (SSSR count). The van der Waals surface area contributed by atoms with E-state index >= 15 is 0 Å². The molecular formula is C9H17Si. The average molecular weight is 153 g/mol. The highest BCUT2D eigenvalue weighted by Crippen LogP contribution is 2.39. The predicted octanol–water partition coefficient (Wildman–Crippen LogP) is 2.79. The molecule has 10 heavy (non-hydrogen) atoms. The lowest BCUT2D eigenvalue weighted by Crippen LogP contribution is -2.11. The van der Waals surface area contributed by atoms with Crippen molar-refractivity contribution in [2.24, 2.45) is 11.8 Å². The van der Waals surface area contributed by atoms with Gasteiger partial charge in [0, 0.05) is 10.2 Å². The van der Waals surface area contributed by atoms with Crippen LogP contribution in [0.4, 0.5) is 0 Å². The van der Waals surface area contributed by atoms with Gasteiger partial charge in [0.1, 0.15) is 0 Å². The summed E-state index contributed by atoms with van der Waals surface area (Å²) in [7, 11) is 3.80. The largest absolute Gasteiger partial charge is 0.0651 e. The van der Waals surface area contributed by atoms with Crippen LogP contribution < -0.4 is 0 Å². The normalized spacial score (nSPS) is 36.3. The third kappa shape index (κ3) is 1.63. The Kier molecular flexibility index (Phi) is 2.96. The van der Waals surface area contributed by atoms with Crippen molar-refractivity contribution in [3.05, 3.63) is 0 Å². The number of hydrogen-bond acceptors (Lipinski definition) is 0. The van der Waals surface area contributed by atoms with Crippen LogP contribution in [0.3, 0.4) is 0 Å². The van der Waals surface area contributed by atoms with Gasteiger partial charge >= 0.3 is 0 Å². The van der Waals surface area contributed by atoms with Gasteiger partial charge in [-0.05, 0) is 17.4 Å². The van der Waals surface area contributed by atoms with Crippen molar-refractivity contribution in [1.82, 2.24) is 0 Å². The predicted molar refractivity (Wildman–Crippen MR) is 46.3 cm³/mol. The zero-order chi connectivity index (χ0) is 7.56. The van der Waals surface area contributed by atoms with Crippen molar-refractivity contribution in [1.29, 1.82) is 0 Å². The van der Waals surface area contributed by atoms with E-state index in [1.165, 1.54) is 25.7 Å². The Morgan fingerprint density at radius 2 is 2.20 bits per heavy atom. The summed E-state index contributed by atoms with van der Waals surface area (Å²) in [6, 6.07) is 0. The maximum Gasteiger partial charge on any atom is 0.0270 e. The lowest BCUT2D eigenvalue weighted by Gasteiger charge is -2.21. The van der Waals surface area contributed by atoms with Crippen LogP contribution in [0.2, 0.25) is 5.54 Å². The van der Waals surface area contributed by atoms with E-state index in [2.05, 4.69) is 24.1 Å². The molecule has 0 aromatic rings. The molecule has 0 bridgehead atoms.